The van der Waals surface area contributed by atoms with Gasteiger partial charge in [-0.2, -0.15) is 0 Å². The SMILES string of the molecule is CC1(C(=O)NC2CCSc3ccc(Cl)cc32)CCCNC1. The number of hydrogen-bond acceptors (Lipinski definition) is 3. The second kappa shape index (κ2) is 6.19. The van der Waals surface area contributed by atoms with Crippen LogP contribution in [0, 0.1) is 5.41 Å². The summed E-state index contributed by atoms with van der Waals surface area (Å²) in [6, 6.07) is 6.07. The van der Waals surface area contributed by atoms with Crippen molar-refractivity contribution in [1.82, 2.24) is 10.6 Å². The smallest absolute Gasteiger partial charge is 0.227 e. The minimum Gasteiger partial charge on any atom is -0.349 e. The van der Waals surface area contributed by atoms with Crippen LogP contribution in [0.25, 0.3) is 0 Å². The molecule has 0 bridgehead atoms. The van der Waals surface area contributed by atoms with Gasteiger partial charge in [0.15, 0.2) is 0 Å². The number of carbonyl (C=O) groups excluding carboxylic acids is 1. The summed E-state index contributed by atoms with van der Waals surface area (Å²) in [5, 5.41) is 7.33. The first-order valence-electron chi connectivity index (χ1n) is 7.52. The lowest BCUT2D eigenvalue weighted by atomic mass is 9.81. The standard InChI is InChI=1S/C16H21ClN2OS/c1-16(6-2-7-18-10-16)15(20)19-13-5-8-21-14-4-3-11(17)9-12(13)14/h3-4,9,13,18H,2,5-8,10H2,1H3,(H,19,20). The van der Waals surface area contributed by atoms with Crippen LogP contribution in [0.2, 0.25) is 5.02 Å². The highest BCUT2D eigenvalue weighted by atomic mass is 35.5. The highest BCUT2D eigenvalue weighted by Gasteiger charge is 2.36. The zero-order chi connectivity index (χ0) is 14.9. The van der Waals surface area contributed by atoms with E-state index in [0.717, 1.165) is 43.1 Å². The molecule has 114 valence electrons. The average molecular weight is 325 g/mol. The highest BCUT2D eigenvalue weighted by Crippen LogP contribution is 2.38. The minimum atomic E-state index is -0.290. The van der Waals surface area contributed by atoms with E-state index >= 15 is 0 Å². The normalized spacial score (nSPS) is 28.8. The molecule has 1 saturated heterocycles. The van der Waals surface area contributed by atoms with E-state index in [2.05, 4.69) is 23.6 Å². The predicted molar refractivity (Wildman–Crippen MR) is 87.9 cm³/mol. The molecule has 2 N–H and O–H groups in total. The molecule has 0 radical (unpaired) electrons. The van der Waals surface area contributed by atoms with Gasteiger partial charge in [-0.25, -0.2) is 0 Å². The largest absolute Gasteiger partial charge is 0.349 e. The van der Waals surface area contributed by atoms with Gasteiger partial charge in [0.2, 0.25) is 5.91 Å². The summed E-state index contributed by atoms with van der Waals surface area (Å²) in [6.45, 7) is 3.84. The Morgan fingerprint density at radius 2 is 2.38 bits per heavy atom. The van der Waals surface area contributed by atoms with E-state index in [-0.39, 0.29) is 17.4 Å². The van der Waals surface area contributed by atoms with Crippen LogP contribution in [0.4, 0.5) is 0 Å². The fourth-order valence-corrected chi connectivity index (χ4v) is 4.38. The topological polar surface area (TPSA) is 41.1 Å². The van der Waals surface area contributed by atoms with Crippen molar-refractivity contribution in [2.45, 2.75) is 37.1 Å². The number of carbonyl (C=O) groups is 1. The molecule has 2 atom stereocenters. The molecule has 2 unspecified atom stereocenters. The molecule has 0 spiro atoms. The number of nitrogens with one attached hydrogen (secondary N) is 2. The summed E-state index contributed by atoms with van der Waals surface area (Å²) in [7, 11) is 0. The number of thioether (sulfide) groups is 1. The fourth-order valence-electron chi connectivity index (χ4n) is 3.10. The second-order valence-electron chi connectivity index (χ2n) is 6.19. The minimum absolute atomic E-state index is 0.0891. The maximum atomic E-state index is 12.7. The molecule has 3 nitrogen and oxygen atoms in total. The molecule has 0 aromatic heterocycles. The van der Waals surface area contributed by atoms with Gasteiger partial charge >= 0.3 is 0 Å². The molecule has 1 fully saturated rings. The lowest BCUT2D eigenvalue weighted by molar-refractivity contribution is -0.132. The van der Waals surface area contributed by atoms with Crippen LogP contribution < -0.4 is 10.6 Å². The molecule has 0 aliphatic carbocycles. The Morgan fingerprint density at radius 3 is 3.14 bits per heavy atom. The quantitative estimate of drug-likeness (QED) is 0.876. The Morgan fingerprint density at radius 1 is 1.52 bits per heavy atom. The lowest BCUT2D eigenvalue weighted by Gasteiger charge is -2.35. The molecule has 3 rings (SSSR count). The van der Waals surface area contributed by atoms with Crippen LogP contribution in [-0.2, 0) is 4.79 Å². The van der Waals surface area contributed by atoms with Crippen molar-refractivity contribution in [3.05, 3.63) is 28.8 Å². The molecular weight excluding hydrogens is 304 g/mol. The van der Waals surface area contributed by atoms with Crippen molar-refractivity contribution in [3.63, 3.8) is 0 Å². The van der Waals surface area contributed by atoms with E-state index in [1.807, 2.05) is 23.9 Å². The third-order valence-electron chi connectivity index (χ3n) is 4.46. The molecule has 1 aromatic carbocycles. The van der Waals surface area contributed by atoms with Gasteiger partial charge in [-0.1, -0.05) is 11.6 Å². The number of amides is 1. The summed E-state index contributed by atoms with van der Waals surface area (Å²) in [5.74, 6) is 1.20. The summed E-state index contributed by atoms with van der Waals surface area (Å²) < 4.78 is 0. The van der Waals surface area contributed by atoms with Crippen molar-refractivity contribution in [2.75, 3.05) is 18.8 Å². The summed E-state index contributed by atoms with van der Waals surface area (Å²) in [4.78, 5) is 13.9. The van der Waals surface area contributed by atoms with E-state index in [1.54, 1.807) is 0 Å². The highest BCUT2D eigenvalue weighted by molar-refractivity contribution is 7.99. The first kappa shape index (κ1) is 15.2. The van der Waals surface area contributed by atoms with Gasteiger partial charge in [0.25, 0.3) is 0 Å². The maximum Gasteiger partial charge on any atom is 0.227 e. The van der Waals surface area contributed by atoms with Gasteiger partial charge in [-0.05, 0) is 56.5 Å². The van der Waals surface area contributed by atoms with Crippen molar-refractivity contribution < 1.29 is 4.79 Å². The monoisotopic (exact) mass is 324 g/mol. The van der Waals surface area contributed by atoms with E-state index in [1.165, 1.54) is 10.5 Å². The van der Waals surface area contributed by atoms with Crippen LogP contribution in [0.15, 0.2) is 23.1 Å². The van der Waals surface area contributed by atoms with Crippen LogP contribution >= 0.6 is 23.4 Å². The van der Waals surface area contributed by atoms with E-state index in [9.17, 15) is 4.79 Å². The Hall–Kier alpha value is -0.710. The Kier molecular flexibility index (Phi) is 4.48. The van der Waals surface area contributed by atoms with Gasteiger partial charge in [-0.15, -0.1) is 11.8 Å². The zero-order valence-corrected chi connectivity index (χ0v) is 13.8. The third kappa shape index (κ3) is 3.22. The van der Waals surface area contributed by atoms with E-state index in [0.29, 0.717) is 0 Å². The van der Waals surface area contributed by atoms with E-state index in [4.69, 9.17) is 11.6 Å². The van der Waals surface area contributed by atoms with Crippen molar-refractivity contribution in [1.29, 1.82) is 0 Å². The molecule has 5 heteroatoms. The zero-order valence-electron chi connectivity index (χ0n) is 12.2. The van der Waals surface area contributed by atoms with Crippen molar-refractivity contribution in [3.8, 4) is 0 Å². The Bertz CT molecular complexity index is 543. The van der Waals surface area contributed by atoms with Crippen LogP contribution in [0.1, 0.15) is 37.8 Å². The van der Waals surface area contributed by atoms with Crippen LogP contribution in [0.3, 0.4) is 0 Å². The van der Waals surface area contributed by atoms with Gasteiger partial charge in [0, 0.05) is 22.2 Å². The molecule has 0 saturated carbocycles. The molecule has 1 aromatic rings. The van der Waals surface area contributed by atoms with Crippen molar-refractivity contribution in [2.24, 2.45) is 5.41 Å². The Labute approximate surface area is 135 Å². The fraction of sp³-hybridized carbons (Fsp3) is 0.562. The van der Waals surface area contributed by atoms with E-state index < -0.39 is 0 Å². The number of hydrogen-bond donors (Lipinski definition) is 2. The predicted octanol–water partition coefficient (Wildman–Crippen LogP) is 3.38. The summed E-state index contributed by atoms with van der Waals surface area (Å²) >= 11 is 7.96. The molecule has 2 aliphatic rings. The molecular formula is C16H21ClN2OS. The maximum absolute atomic E-state index is 12.7. The van der Waals surface area contributed by atoms with Gasteiger partial charge in [0.05, 0.1) is 11.5 Å². The molecule has 1 amide bonds. The second-order valence-corrected chi connectivity index (χ2v) is 7.76. The third-order valence-corrected chi connectivity index (χ3v) is 5.82. The number of piperidine rings is 1. The van der Waals surface area contributed by atoms with Crippen LogP contribution in [-0.4, -0.2) is 24.7 Å². The van der Waals surface area contributed by atoms with Gasteiger partial charge < -0.3 is 10.6 Å². The number of halogens is 1. The van der Waals surface area contributed by atoms with Crippen molar-refractivity contribution >= 4 is 29.3 Å². The molecule has 2 aliphatic heterocycles. The Balaban J connectivity index is 1.77. The number of benzene rings is 1. The number of rotatable bonds is 2. The first-order chi connectivity index (χ1) is 10.1. The lowest BCUT2D eigenvalue weighted by Crippen LogP contribution is -2.49. The van der Waals surface area contributed by atoms with Gasteiger partial charge in [0.1, 0.15) is 0 Å². The first-order valence-corrected chi connectivity index (χ1v) is 8.89. The molecule has 21 heavy (non-hydrogen) atoms. The molecule has 2 heterocycles. The van der Waals surface area contributed by atoms with Gasteiger partial charge in [-0.3, -0.25) is 4.79 Å². The van der Waals surface area contributed by atoms with Crippen LogP contribution in [0.5, 0.6) is 0 Å². The summed E-state index contributed by atoms with van der Waals surface area (Å²) in [5.41, 5.74) is 0.876. The average Bonchev–Trinajstić information content (AvgIpc) is 2.48. The summed E-state index contributed by atoms with van der Waals surface area (Å²) in [6.07, 6.45) is 2.98. The number of fused-ring (bicyclic) bond motifs is 1.